The Hall–Kier alpha value is -2.08. The van der Waals surface area contributed by atoms with Gasteiger partial charge in [0.05, 0.1) is 5.02 Å². The minimum Gasteiger partial charge on any atom is -0.482 e. The zero-order chi connectivity index (χ0) is 13.8. The molecule has 2 rings (SSSR count). The van der Waals surface area contributed by atoms with E-state index in [0.717, 1.165) is 11.8 Å². The Bertz CT molecular complexity index is 600. The number of carbonyl (C=O) groups excluding carboxylic acids is 1. The second kappa shape index (κ2) is 5.71. The number of anilines is 1. The van der Waals surface area contributed by atoms with Gasteiger partial charge in [-0.15, -0.1) is 0 Å². The molecule has 0 atom stereocenters. The highest BCUT2D eigenvalue weighted by Gasteiger charge is 2.08. The Morgan fingerprint density at radius 2 is 2.32 bits per heavy atom. The highest BCUT2D eigenvalue weighted by molar-refractivity contribution is 6.32. The van der Waals surface area contributed by atoms with Gasteiger partial charge >= 0.3 is 0 Å². The number of halogens is 2. The molecule has 0 bridgehead atoms. The predicted octanol–water partition coefficient (Wildman–Crippen LogP) is 2.53. The van der Waals surface area contributed by atoms with Gasteiger partial charge in [0.2, 0.25) is 0 Å². The number of carbonyl (C=O) groups is 1. The molecule has 2 aromatic rings. The van der Waals surface area contributed by atoms with Gasteiger partial charge in [0.1, 0.15) is 11.6 Å². The first-order valence-electron chi connectivity index (χ1n) is 5.44. The van der Waals surface area contributed by atoms with Gasteiger partial charge in [-0.25, -0.2) is 4.39 Å². The monoisotopic (exact) mass is 283 g/mol. The van der Waals surface area contributed by atoms with Crippen LogP contribution in [0.2, 0.25) is 5.02 Å². The number of nitrogens with one attached hydrogen (secondary N) is 2. The molecule has 1 aromatic heterocycles. The molecule has 5 nitrogen and oxygen atoms in total. The molecule has 1 amide bonds. The number of aromatic amines is 1. The first-order chi connectivity index (χ1) is 9.04. The first-order valence-corrected chi connectivity index (χ1v) is 5.82. The van der Waals surface area contributed by atoms with Gasteiger partial charge in [-0.2, -0.15) is 5.10 Å². The summed E-state index contributed by atoms with van der Waals surface area (Å²) in [4.78, 5) is 11.6. The molecule has 19 heavy (non-hydrogen) atoms. The van der Waals surface area contributed by atoms with Crippen LogP contribution in [0.1, 0.15) is 5.69 Å². The molecule has 0 unspecified atom stereocenters. The van der Waals surface area contributed by atoms with E-state index in [1.165, 1.54) is 12.1 Å². The topological polar surface area (TPSA) is 67.0 Å². The minimum atomic E-state index is -0.464. The first kappa shape index (κ1) is 13.4. The third kappa shape index (κ3) is 3.69. The van der Waals surface area contributed by atoms with E-state index < -0.39 is 5.82 Å². The molecule has 1 aromatic carbocycles. The number of benzene rings is 1. The van der Waals surface area contributed by atoms with Crippen LogP contribution in [0.4, 0.5) is 10.2 Å². The van der Waals surface area contributed by atoms with Gasteiger partial charge in [0, 0.05) is 11.8 Å². The SMILES string of the molecule is Cc1cc(NC(=O)COc2ccc(F)cc2Cl)n[nH]1. The molecule has 0 radical (unpaired) electrons. The van der Waals surface area contributed by atoms with Crippen molar-refractivity contribution in [2.45, 2.75) is 6.92 Å². The van der Waals surface area contributed by atoms with Crippen LogP contribution in [-0.4, -0.2) is 22.7 Å². The number of aromatic nitrogens is 2. The summed E-state index contributed by atoms with van der Waals surface area (Å²) in [6.45, 7) is 1.58. The van der Waals surface area contributed by atoms with E-state index in [1.54, 1.807) is 6.07 Å². The highest BCUT2D eigenvalue weighted by Crippen LogP contribution is 2.24. The van der Waals surface area contributed by atoms with Crippen LogP contribution in [-0.2, 0) is 4.79 Å². The second-order valence-electron chi connectivity index (χ2n) is 3.85. The number of H-pyrrole nitrogens is 1. The van der Waals surface area contributed by atoms with Crippen LogP contribution in [0.5, 0.6) is 5.75 Å². The summed E-state index contributed by atoms with van der Waals surface area (Å²) in [7, 11) is 0. The third-order valence-corrected chi connectivity index (χ3v) is 2.52. The number of hydrogen-bond donors (Lipinski definition) is 2. The lowest BCUT2D eigenvalue weighted by molar-refractivity contribution is -0.118. The average molecular weight is 284 g/mol. The van der Waals surface area contributed by atoms with E-state index in [4.69, 9.17) is 16.3 Å². The van der Waals surface area contributed by atoms with Crippen molar-refractivity contribution in [3.05, 3.63) is 40.8 Å². The summed E-state index contributed by atoms with van der Waals surface area (Å²) in [6, 6.07) is 5.37. The maximum absolute atomic E-state index is 12.8. The molecule has 100 valence electrons. The minimum absolute atomic E-state index is 0.114. The molecule has 0 spiro atoms. The normalized spacial score (nSPS) is 10.3. The molecule has 1 heterocycles. The highest BCUT2D eigenvalue weighted by atomic mass is 35.5. The molecule has 0 fully saturated rings. The number of hydrogen-bond acceptors (Lipinski definition) is 3. The van der Waals surface area contributed by atoms with Crippen molar-refractivity contribution in [3.63, 3.8) is 0 Å². The summed E-state index contributed by atoms with van der Waals surface area (Å²) in [5.41, 5.74) is 0.831. The van der Waals surface area contributed by atoms with Gasteiger partial charge in [-0.3, -0.25) is 9.89 Å². The number of amides is 1. The fourth-order valence-corrected chi connectivity index (χ4v) is 1.62. The van der Waals surface area contributed by atoms with Gasteiger partial charge in [0.15, 0.2) is 12.4 Å². The van der Waals surface area contributed by atoms with Crippen LogP contribution >= 0.6 is 11.6 Å². The predicted molar refractivity (Wildman–Crippen MR) is 68.9 cm³/mol. The van der Waals surface area contributed by atoms with Gasteiger partial charge in [-0.05, 0) is 25.1 Å². The number of ether oxygens (including phenoxy) is 1. The molecule has 0 aliphatic rings. The van der Waals surface area contributed by atoms with E-state index in [0.29, 0.717) is 5.82 Å². The van der Waals surface area contributed by atoms with E-state index >= 15 is 0 Å². The van der Waals surface area contributed by atoms with Gasteiger partial charge < -0.3 is 10.1 Å². The van der Waals surface area contributed by atoms with Gasteiger partial charge in [0.25, 0.3) is 5.91 Å². The fourth-order valence-electron chi connectivity index (χ4n) is 1.40. The molecule has 0 saturated carbocycles. The Morgan fingerprint density at radius 1 is 1.53 bits per heavy atom. The summed E-state index contributed by atoms with van der Waals surface area (Å²) in [5, 5.41) is 9.20. The number of aryl methyl sites for hydroxylation is 1. The summed E-state index contributed by atoms with van der Waals surface area (Å²) < 4.78 is 18.0. The molecule has 0 saturated heterocycles. The van der Waals surface area contributed by atoms with Crippen molar-refractivity contribution in [1.82, 2.24) is 10.2 Å². The third-order valence-electron chi connectivity index (χ3n) is 2.23. The van der Waals surface area contributed by atoms with Crippen LogP contribution in [0.15, 0.2) is 24.3 Å². The molecular formula is C12H11ClFN3O2. The van der Waals surface area contributed by atoms with Crippen molar-refractivity contribution >= 4 is 23.3 Å². The number of nitrogens with zero attached hydrogens (tertiary/aromatic N) is 1. The maximum atomic E-state index is 12.8. The Balaban J connectivity index is 1.89. The summed E-state index contributed by atoms with van der Waals surface area (Å²) >= 11 is 5.76. The van der Waals surface area contributed by atoms with E-state index in [9.17, 15) is 9.18 Å². The van der Waals surface area contributed by atoms with E-state index in [2.05, 4.69) is 15.5 Å². The van der Waals surface area contributed by atoms with Crippen molar-refractivity contribution < 1.29 is 13.9 Å². The van der Waals surface area contributed by atoms with Crippen LogP contribution in [0, 0.1) is 12.7 Å². The van der Waals surface area contributed by atoms with Gasteiger partial charge in [-0.1, -0.05) is 11.6 Å². The summed E-state index contributed by atoms with van der Waals surface area (Å²) in [5.74, 6) is -0.187. The fraction of sp³-hybridized carbons (Fsp3) is 0.167. The van der Waals surface area contributed by atoms with Crippen molar-refractivity contribution in [2.75, 3.05) is 11.9 Å². The molecule has 7 heteroatoms. The van der Waals surface area contributed by atoms with Crippen molar-refractivity contribution in [1.29, 1.82) is 0 Å². The average Bonchev–Trinajstić information content (AvgIpc) is 2.73. The smallest absolute Gasteiger partial charge is 0.263 e. The lowest BCUT2D eigenvalue weighted by Crippen LogP contribution is -2.20. The van der Waals surface area contributed by atoms with Crippen molar-refractivity contribution in [2.24, 2.45) is 0 Å². The lowest BCUT2D eigenvalue weighted by atomic mass is 10.3. The largest absolute Gasteiger partial charge is 0.482 e. The van der Waals surface area contributed by atoms with Crippen LogP contribution < -0.4 is 10.1 Å². The van der Waals surface area contributed by atoms with Crippen LogP contribution in [0.25, 0.3) is 0 Å². The lowest BCUT2D eigenvalue weighted by Gasteiger charge is -2.07. The zero-order valence-corrected chi connectivity index (χ0v) is 10.8. The Labute approximate surface area is 113 Å². The van der Waals surface area contributed by atoms with E-state index in [-0.39, 0.29) is 23.3 Å². The second-order valence-corrected chi connectivity index (χ2v) is 4.25. The Morgan fingerprint density at radius 3 is 2.95 bits per heavy atom. The molecular weight excluding hydrogens is 273 g/mol. The van der Waals surface area contributed by atoms with Crippen molar-refractivity contribution in [3.8, 4) is 5.75 Å². The number of rotatable bonds is 4. The summed E-state index contributed by atoms with van der Waals surface area (Å²) in [6.07, 6.45) is 0. The maximum Gasteiger partial charge on any atom is 0.263 e. The van der Waals surface area contributed by atoms with E-state index in [1.807, 2.05) is 6.92 Å². The molecule has 0 aliphatic heterocycles. The van der Waals surface area contributed by atoms with Crippen LogP contribution in [0.3, 0.4) is 0 Å². The standard InChI is InChI=1S/C12H11ClFN3O2/c1-7-4-11(17-16-7)15-12(18)6-19-10-3-2-8(14)5-9(10)13/h2-5H,6H2,1H3,(H2,15,16,17,18). The Kier molecular flexibility index (Phi) is 4.01. The zero-order valence-electron chi connectivity index (χ0n) is 10.0. The molecule has 2 N–H and O–H groups in total. The molecule has 0 aliphatic carbocycles. The quantitative estimate of drug-likeness (QED) is 0.906.